The molecule has 2 N–H and O–H groups in total. The average molecular weight is 245 g/mol. The number of fused-ring (bicyclic) bond motifs is 1. The lowest BCUT2D eigenvalue weighted by Gasteiger charge is -2.42. The van der Waals surface area contributed by atoms with Crippen molar-refractivity contribution in [2.75, 3.05) is 6.61 Å². The van der Waals surface area contributed by atoms with Crippen LogP contribution in [0.5, 0.6) is 5.75 Å². The lowest BCUT2D eigenvalue weighted by atomic mass is 9.67. The quantitative estimate of drug-likeness (QED) is 0.824. The molecule has 18 heavy (non-hydrogen) atoms. The summed E-state index contributed by atoms with van der Waals surface area (Å²) in [6.07, 6.45) is 4.62. The van der Waals surface area contributed by atoms with Crippen LogP contribution in [-0.2, 0) is 12.0 Å². The normalized spacial score (nSPS) is 35.1. The van der Waals surface area contributed by atoms with Crippen molar-refractivity contribution in [2.45, 2.75) is 45.1 Å². The van der Waals surface area contributed by atoms with E-state index in [9.17, 15) is 0 Å². The van der Waals surface area contributed by atoms with E-state index in [4.69, 9.17) is 10.5 Å². The number of ether oxygens (including phenoxy) is 1. The maximum atomic E-state index is 6.74. The predicted molar refractivity (Wildman–Crippen MR) is 73.7 cm³/mol. The maximum Gasteiger partial charge on any atom is 0.122 e. The summed E-state index contributed by atoms with van der Waals surface area (Å²) in [6, 6.07) is 6.57. The number of hydrogen-bond acceptors (Lipinski definition) is 2. The maximum absolute atomic E-state index is 6.74. The van der Waals surface area contributed by atoms with Crippen molar-refractivity contribution >= 4 is 0 Å². The fourth-order valence-corrected chi connectivity index (χ4v) is 3.57. The monoisotopic (exact) mass is 245 g/mol. The van der Waals surface area contributed by atoms with Gasteiger partial charge in [-0.1, -0.05) is 26.0 Å². The highest BCUT2D eigenvalue weighted by molar-refractivity contribution is 5.42. The molecule has 3 unspecified atom stereocenters. The molecule has 98 valence electrons. The van der Waals surface area contributed by atoms with Gasteiger partial charge in [-0.15, -0.1) is 0 Å². The Morgan fingerprint density at radius 1 is 1.33 bits per heavy atom. The van der Waals surface area contributed by atoms with E-state index in [0.29, 0.717) is 5.92 Å². The first-order valence-corrected chi connectivity index (χ1v) is 7.14. The summed E-state index contributed by atoms with van der Waals surface area (Å²) >= 11 is 0. The molecular weight excluding hydrogens is 222 g/mol. The predicted octanol–water partition coefficient (Wildman–Crippen LogP) is 3.23. The van der Waals surface area contributed by atoms with E-state index >= 15 is 0 Å². The Bertz CT molecular complexity index is 456. The van der Waals surface area contributed by atoms with Gasteiger partial charge in [0.05, 0.1) is 6.61 Å². The molecule has 1 aliphatic heterocycles. The summed E-state index contributed by atoms with van der Waals surface area (Å²) in [7, 11) is 0. The van der Waals surface area contributed by atoms with Gasteiger partial charge in [0.15, 0.2) is 0 Å². The molecule has 0 amide bonds. The second-order valence-electron chi connectivity index (χ2n) is 6.24. The first-order valence-electron chi connectivity index (χ1n) is 7.14. The highest BCUT2D eigenvalue weighted by atomic mass is 16.5. The Labute approximate surface area is 110 Å². The zero-order chi connectivity index (χ0) is 12.8. The number of hydrogen-bond donors (Lipinski definition) is 1. The molecule has 3 rings (SSSR count). The first kappa shape index (κ1) is 12.0. The summed E-state index contributed by atoms with van der Waals surface area (Å²) < 4.78 is 5.58. The molecule has 1 aromatic carbocycles. The van der Waals surface area contributed by atoms with Gasteiger partial charge in [-0.2, -0.15) is 0 Å². The Kier molecular flexibility index (Phi) is 2.86. The summed E-state index contributed by atoms with van der Waals surface area (Å²) in [6.45, 7) is 5.47. The van der Waals surface area contributed by atoms with Gasteiger partial charge in [-0.3, -0.25) is 0 Å². The van der Waals surface area contributed by atoms with Crippen LogP contribution >= 0.6 is 0 Å². The van der Waals surface area contributed by atoms with Crippen molar-refractivity contribution in [3.05, 3.63) is 29.3 Å². The molecule has 0 saturated heterocycles. The van der Waals surface area contributed by atoms with Crippen LogP contribution in [0.3, 0.4) is 0 Å². The summed E-state index contributed by atoms with van der Waals surface area (Å²) in [5.74, 6) is 2.43. The van der Waals surface area contributed by atoms with E-state index in [1.165, 1.54) is 24.0 Å². The van der Waals surface area contributed by atoms with Gasteiger partial charge in [0.25, 0.3) is 0 Å². The molecule has 1 heterocycles. The molecule has 0 spiro atoms. The second-order valence-corrected chi connectivity index (χ2v) is 6.24. The highest BCUT2D eigenvalue weighted by Crippen LogP contribution is 2.43. The van der Waals surface area contributed by atoms with Gasteiger partial charge < -0.3 is 10.5 Å². The summed E-state index contributed by atoms with van der Waals surface area (Å²) in [5, 5.41) is 0. The molecular formula is C16H23NO. The van der Waals surface area contributed by atoms with Crippen LogP contribution < -0.4 is 10.5 Å². The smallest absolute Gasteiger partial charge is 0.122 e. The van der Waals surface area contributed by atoms with Crippen molar-refractivity contribution < 1.29 is 4.74 Å². The van der Waals surface area contributed by atoms with Crippen LogP contribution in [0.2, 0.25) is 0 Å². The Balaban J connectivity index is 1.93. The minimum atomic E-state index is -0.135. The lowest BCUT2D eigenvalue weighted by molar-refractivity contribution is 0.164. The standard InChI is InChI=1S/C16H23NO/c1-11-5-7-16(17,12(2)9-11)14-3-4-15-13(10-14)6-8-18-15/h3-4,10-12H,5-9,17H2,1-2H3. The molecule has 0 bridgehead atoms. The van der Waals surface area contributed by atoms with Crippen LogP contribution in [-0.4, -0.2) is 6.61 Å². The Morgan fingerprint density at radius 2 is 2.17 bits per heavy atom. The SMILES string of the molecule is CC1CCC(N)(c2ccc3c(c2)CCO3)C(C)C1. The number of benzene rings is 1. The van der Waals surface area contributed by atoms with E-state index in [1.54, 1.807) is 0 Å². The van der Waals surface area contributed by atoms with Crippen LogP contribution in [0.1, 0.15) is 44.2 Å². The van der Waals surface area contributed by atoms with Crippen molar-refractivity contribution in [3.8, 4) is 5.75 Å². The van der Waals surface area contributed by atoms with Crippen molar-refractivity contribution in [2.24, 2.45) is 17.6 Å². The average Bonchev–Trinajstić information content (AvgIpc) is 2.81. The molecule has 1 aromatic rings. The van der Waals surface area contributed by atoms with Gasteiger partial charge in [-0.25, -0.2) is 0 Å². The molecule has 0 aromatic heterocycles. The minimum Gasteiger partial charge on any atom is -0.493 e. The zero-order valence-corrected chi connectivity index (χ0v) is 11.4. The highest BCUT2D eigenvalue weighted by Gasteiger charge is 2.38. The second kappa shape index (κ2) is 4.27. The van der Waals surface area contributed by atoms with E-state index < -0.39 is 0 Å². The molecule has 3 atom stereocenters. The molecule has 2 heteroatoms. The van der Waals surface area contributed by atoms with Crippen LogP contribution in [0.4, 0.5) is 0 Å². The molecule has 1 fully saturated rings. The van der Waals surface area contributed by atoms with Gasteiger partial charge in [0.2, 0.25) is 0 Å². The van der Waals surface area contributed by atoms with Crippen molar-refractivity contribution in [1.29, 1.82) is 0 Å². The van der Waals surface area contributed by atoms with Gasteiger partial charge in [-0.05, 0) is 48.3 Å². The third kappa shape index (κ3) is 1.83. The third-order valence-corrected chi connectivity index (χ3v) is 4.91. The van der Waals surface area contributed by atoms with Crippen molar-refractivity contribution in [3.63, 3.8) is 0 Å². The number of nitrogens with two attached hydrogens (primary N) is 1. The lowest BCUT2D eigenvalue weighted by Crippen LogP contribution is -2.46. The van der Waals surface area contributed by atoms with Crippen LogP contribution in [0, 0.1) is 11.8 Å². The first-order chi connectivity index (χ1) is 8.59. The molecule has 0 radical (unpaired) electrons. The minimum absolute atomic E-state index is 0.135. The topological polar surface area (TPSA) is 35.2 Å². The van der Waals surface area contributed by atoms with E-state index in [1.807, 2.05) is 0 Å². The van der Waals surface area contributed by atoms with Crippen molar-refractivity contribution in [1.82, 2.24) is 0 Å². The number of rotatable bonds is 1. The van der Waals surface area contributed by atoms with E-state index in [-0.39, 0.29) is 5.54 Å². The molecule has 1 aliphatic carbocycles. The third-order valence-electron chi connectivity index (χ3n) is 4.91. The Morgan fingerprint density at radius 3 is 2.94 bits per heavy atom. The van der Waals surface area contributed by atoms with Crippen LogP contribution in [0.25, 0.3) is 0 Å². The van der Waals surface area contributed by atoms with Gasteiger partial charge >= 0.3 is 0 Å². The fourth-order valence-electron chi connectivity index (χ4n) is 3.57. The fraction of sp³-hybridized carbons (Fsp3) is 0.625. The van der Waals surface area contributed by atoms with Gasteiger partial charge in [0, 0.05) is 12.0 Å². The van der Waals surface area contributed by atoms with Gasteiger partial charge in [0.1, 0.15) is 5.75 Å². The summed E-state index contributed by atoms with van der Waals surface area (Å²) in [5.41, 5.74) is 9.25. The zero-order valence-electron chi connectivity index (χ0n) is 11.4. The van der Waals surface area contributed by atoms with E-state index in [2.05, 4.69) is 32.0 Å². The largest absolute Gasteiger partial charge is 0.493 e. The molecule has 1 saturated carbocycles. The summed E-state index contributed by atoms with van der Waals surface area (Å²) in [4.78, 5) is 0. The van der Waals surface area contributed by atoms with E-state index in [0.717, 1.165) is 31.1 Å². The molecule has 2 nitrogen and oxygen atoms in total. The van der Waals surface area contributed by atoms with Crippen LogP contribution in [0.15, 0.2) is 18.2 Å². The Hall–Kier alpha value is -1.02. The molecule has 2 aliphatic rings.